The van der Waals surface area contributed by atoms with E-state index in [1.807, 2.05) is 6.07 Å². The summed E-state index contributed by atoms with van der Waals surface area (Å²) in [5.74, 6) is 0.970. The molecule has 0 aliphatic heterocycles. The predicted molar refractivity (Wildman–Crippen MR) is 127 cm³/mol. The lowest BCUT2D eigenvalue weighted by Crippen LogP contribution is -2.30. The number of halogens is 2. The number of fused-ring (bicyclic) bond motifs is 1. The fraction of sp³-hybridized carbons (Fsp3) is 0.483. The van der Waals surface area contributed by atoms with Gasteiger partial charge in [-0.15, -0.1) is 0 Å². The molecule has 33 heavy (non-hydrogen) atoms. The number of hydrogen-bond donors (Lipinski definition) is 0. The van der Waals surface area contributed by atoms with Crippen LogP contribution in [-0.2, 0) is 0 Å². The number of allylic oxidation sites excluding steroid dienone is 2. The number of esters is 1. The van der Waals surface area contributed by atoms with Gasteiger partial charge in [-0.05, 0) is 112 Å². The molecule has 2 aliphatic rings. The van der Waals surface area contributed by atoms with Crippen LogP contribution in [0.1, 0.15) is 85.7 Å². The summed E-state index contributed by atoms with van der Waals surface area (Å²) in [5, 5.41) is 0. The maximum absolute atomic E-state index is 14.9. The lowest BCUT2D eigenvalue weighted by Gasteiger charge is -2.42. The van der Waals surface area contributed by atoms with Gasteiger partial charge in [0.2, 0.25) is 0 Å². The van der Waals surface area contributed by atoms with Crippen molar-refractivity contribution >= 4 is 5.97 Å². The van der Waals surface area contributed by atoms with Gasteiger partial charge in [0.15, 0.2) is 0 Å². The molecule has 0 spiro atoms. The van der Waals surface area contributed by atoms with Crippen molar-refractivity contribution in [3.8, 4) is 5.75 Å². The monoisotopic (exact) mass is 452 g/mol. The first-order chi connectivity index (χ1) is 15.9. The van der Waals surface area contributed by atoms with E-state index in [0.717, 1.165) is 42.2 Å². The molecule has 0 amide bonds. The molecule has 4 atom stereocenters. The van der Waals surface area contributed by atoms with Crippen LogP contribution in [0.15, 0.2) is 48.6 Å². The van der Waals surface area contributed by atoms with E-state index in [4.69, 9.17) is 4.74 Å². The number of aryl methyl sites for hydroxylation is 1. The number of rotatable bonds is 6. The Bertz CT molecular complexity index is 1010. The van der Waals surface area contributed by atoms with E-state index < -0.39 is 17.6 Å². The number of carbonyl (C=O) groups is 1. The molecule has 0 aromatic heterocycles. The number of hydrogen-bond acceptors (Lipinski definition) is 2. The molecule has 4 rings (SSSR count). The van der Waals surface area contributed by atoms with Crippen LogP contribution in [0.2, 0.25) is 0 Å². The molecule has 2 aliphatic carbocycles. The molecule has 0 radical (unpaired) electrons. The van der Waals surface area contributed by atoms with Crippen LogP contribution in [0, 0.1) is 36.3 Å². The third-order valence-electron chi connectivity index (χ3n) is 7.74. The smallest absolute Gasteiger partial charge is 0.346 e. The third kappa shape index (κ3) is 5.72. The van der Waals surface area contributed by atoms with Crippen molar-refractivity contribution in [2.24, 2.45) is 17.8 Å². The van der Waals surface area contributed by atoms with Crippen LogP contribution in [0.25, 0.3) is 0 Å². The highest BCUT2D eigenvalue weighted by atomic mass is 19.1. The minimum atomic E-state index is -0.803. The average molecular weight is 453 g/mol. The molecule has 0 saturated heterocycles. The Hall–Kier alpha value is -2.49. The summed E-state index contributed by atoms with van der Waals surface area (Å²) in [6.07, 6.45) is 14.2. The summed E-state index contributed by atoms with van der Waals surface area (Å²) in [4.78, 5) is 12.4. The molecule has 2 aromatic carbocycles. The molecule has 4 heteroatoms. The lowest BCUT2D eigenvalue weighted by molar-refractivity contribution is 0.0729. The van der Waals surface area contributed by atoms with Gasteiger partial charge in [-0.25, -0.2) is 13.6 Å². The molecule has 2 nitrogen and oxygen atoms in total. The average Bonchev–Trinajstić information content (AvgIpc) is 2.81. The van der Waals surface area contributed by atoms with Gasteiger partial charge < -0.3 is 4.74 Å². The summed E-state index contributed by atoms with van der Waals surface area (Å²) in [6.45, 7) is 3.71. The Balaban J connectivity index is 1.36. The second kappa shape index (κ2) is 10.6. The summed E-state index contributed by atoms with van der Waals surface area (Å²) in [6, 6.07) is 9.07. The fourth-order valence-corrected chi connectivity index (χ4v) is 5.80. The minimum Gasteiger partial charge on any atom is -0.423 e. The Labute approximate surface area is 196 Å². The summed E-state index contributed by atoms with van der Waals surface area (Å²) in [5.41, 5.74) is 1.32. The van der Waals surface area contributed by atoms with Crippen molar-refractivity contribution < 1.29 is 18.3 Å². The van der Waals surface area contributed by atoms with Gasteiger partial charge in [0.05, 0.1) is 5.56 Å². The van der Waals surface area contributed by atoms with Gasteiger partial charge in [-0.2, -0.15) is 0 Å². The van der Waals surface area contributed by atoms with Crippen LogP contribution in [0.3, 0.4) is 0 Å². The zero-order valence-electron chi connectivity index (χ0n) is 19.7. The topological polar surface area (TPSA) is 26.3 Å². The Morgan fingerprint density at radius 3 is 2.55 bits per heavy atom. The molecule has 0 bridgehead atoms. The lowest BCUT2D eigenvalue weighted by atomic mass is 9.63. The molecule has 0 N–H and O–H groups in total. The Kier molecular flexibility index (Phi) is 7.62. The molecule has 2 aromatic rings. The Morgan fingerprint density at radius 2 is 1.79 bits per heavy atom. The largest absolute Gasteiger partial charge is 0.423 e. The van der Waals surface area contributed by atoms with E-state index in [1.165, 1.54) is 62.8 Å². The van der Waals surface area contributed by atoms with Crippen molar-refractivity contribution in [2.45, 2.75) is 71.1 Å². The molecular weight excluding hydrogens is 418 g/mol. The van der Waals surface area contributed by atoms with Gasteiger partial charge in [0.1, 0.15) is 17.4 Å². The first-order valence-corrected chi connectivity index (χ1v) is 12.3. The van der Waals surface area contributed by atoms with Crippen molar-refractivity contribution in [2.75, 3.05) is 0 Å². The van der Waals surface area contributed by atoms with E-state index in [0.29, 0.717) is 11.5 Å². The Morgan fingerprint density at radius 1 is 1.00 bits per heavy atom. The first kappa shape index (κ1) is 23.7. The number of ether oxygens (including phenoxy) is 1. The van der Waals surface area contributed by atoms with Gasteiger partial charge in [0, 0.05) is 6.07 Å². The maximum Gasteiger partial charge on any atom is 0.346 e. The second-order valence-corrected chi connectivity index (χ2v) is 9.90. The van der Waals surface area contributed by atoms with Crippen molar-refractivity contribution in [3.05, 3.63) is 76.9 Å². The molecule has 4 unspecified atom stereocenters. The van der Waals surface area contributed by atoms with Gasteiger partial charge in [0.25, 0.3) is 0 Å². The number of benzene rings is 2. The highest BCUT2D eigenvalue weighted by molar-refractivity contribution is 5.91. The number of carbonyl (C=O) groups excluding carboxylic acids is 1. The van der Waals surface area contributed by atoms with Crippen LogP contribution >= 0.6 is 0 Å². The normalized spacial score (nSPS) is 25.1. The van der Waals surface area contributed by atoms with E-state index in [2.05, 4.69) is 19.1 Å². The SMILES string of the molecule is C/C=C/CCC1CCC2CC(c3ccc(C(=O)Oc4ccc(C)c(F)c4)c(F)c3)CCC2C1. The fourth-order valence-electron chi connectivity index (χ4n) is 5.80. The van der Waals surface area contributed by atoms with E-state index in [9.17, 15) is 13.6 Å². The maximum atomic E-state index is 14.9. The van der Waals surface area contributed by atoms with Crippen molar-refractivity contribution in [3.63, 3.8) is 0 Å². The van der Waals surface area contributed by atoms with Crippen molar-refractivity contribution in [1.82, 2.24) is 0 Å². The van der Waals surface area contributed by atoms with E-state index >= 15 is 0 Å². The molecule has 2 saturated carbocycles. The first-order valence-electron chi connectivity index (χ1n) is 12.3. The zero-order chi connectivity index (χ0) is 23.4. The minimum absolute atomic E-state index is 0.0752. The van der Waals surface area contributed by atoms with Crippen LogP contribution in [0.5, 0.6) is 5.75 Å². The molecule has 0 heterocycles. The highest BCUT2D eigenvalue weighted by Gasteiger charge is 2.36. The third-order valence-corrected chi connectivity index (χ3v) is 7.74. The van der Waals surface area contributed by atoms with Crippen LogP contribution in [-0.4, -0.2) is 5.97 Å². The molecular formula is C29H34F2O2. The van der Waals surface area contributed by atoms with E-state index in [-0.39, 0.29) is 11.3 Å². The van der Waals surface area contributed by atoms with Gasteiger partial charge in [-0.1, -0.05) is 30.7 Å². The molecule has 176 valence electrons. The van der Waals surface area contributed by atoms with Gasteiger partial charge >= 0.3 is 5.97 Å². The summed E-state index contributed by atoms with van der Waals surface area (Å²) >= 11 is 0. The predicted octanol–water partition coefficient (Wildman–Crippen LogP) is 8.15. The summed E-state index contributed by atoms with van der Waals surface area (Å²) in [7, 11) is 0. The quantitative estimate of drug-likeness (QED) is 0.251. The van der Waals surface area contributed by atoms with Gasteiger partial charge in [-0.3, -0.25) is 0 Å². The molecule has 2 fully saturated rings. The summed E-state index contributed by atoms with van der Waals surface area (Å²) < 4.78 is 33.8. The van der Waals surface area contributed by atoms with Crippen LogP contribution in [0.4, 0.5) is 8.78 Å². The van der Waals surface area contributed by atoms with Crippen LogP contribution < -0.4 is 4.74 Å². The van der Waals surface area contributed by atoms with Crippen molar-refractivity contribution in [1.29, 1.82) is 0 Å². The zero-order valence-corrected chi connectivity index (χ0v) is 19.7. The second-order valence-electron chi connectivity index (χ2n) is 9.90. The van der Waals surface area contributed by atoms with E-state index in [1.54, 1.807) is 6.92 Å². The standard InChI is InChI=1S/C29H34F2O2/c1-3-4-5-6-20-8-9-22-16-23(11-10-21(22)15-20)24-12-14-26(28(31)17-24)29(32)33-25-13-7-19(2)27(30)18-25/h3-4,7,12-14,17-18,20-23H,5-6,8-11,15-16H2,1-2H3/b4-3+. The highest BCUT2D eigenvalue weighted by Crippen LogP contribution is 2.48.